The second kappa shape index (κ2) is 18.0. The Morgan fingerprint density at radius 1 is 0.292 bits per heavy atom. The summed E-state index contributed by atoms with van der Waals surface area (Å²) in [6, 6.07) is 39.9. The van der Waals surface area contributed by atoms with Gasteiger partial charge in [0.25, 0.3) is 0 Å². The average molecular weight is 1090 g/mol. The summed E-state index contributed by atoms with van der Waals surface area (Å²) in [5, 5.41) is 8.31. The fraction of sp³-hybridized carbons (Fsp3) is 0.267. The lowest BCUT2D eigenvalue weighted by Gasteiger charge is -2.43. The summed E-state index contributed by atoms with van der Waals surface area (Å²) in [5.74, 6) is 0.496. The molecule has 2 heterocycles. The summed E-state index contributed by atoms with van der Waals surface area (Å²) in [4.78, 5) is 9.06. The maximum atomic E-state index is 2.70. The van der Waals surface area contributed by atoms with Gasteiger partial charge in [-0.25, -0.2) is 0 Å². The second-order valence-corrected chi connectivity index (χ2v) is 29.2. The van der Waals surface area contributed by atoms with Gasteiger partial charge in [-0.15, -0.1) is 47.0 Å². The summed E-state index contributed by atoms with van der Waals surface area (Å²) in [6.45, 7) is 0. The zero-order chi connectivity index (χ0) is 49.8. The molecule has 6 aliphatic carbocycles. The van der Waals surface area contributed by atoms with Crippen molar-refractivity contribution in [3.8, 4) is 0 Å². The number of thioether (sulfide) groups is 8. The number of anilines is 4. The minimum absolute atomic E-state index is 0.124. The molecule has 15 rings (SSSR count). The highest BCUT2D eigenvalue weighted by Crippen LogP contribution is 2.62. The molecule has 0 saturated carbocycles. The van der Waals surface area contributed by atoms with Gasteiger partial charge in [-0.2, -0.15) is 0 Å². The fourth-order valence-electron chi connectivity index (χ4n) is 12.5. The van der Waals surface area contributed by atoms with Crippen LogP contribution in [-0.4, -0.2) is 81.4 Å². The van der Waals surface area contributed by atoms with Gasteiger partial charge in [0, 0.05) is 113 Å². The Bertz CT molecular complexity index is 3280. The molecule has 4 atom stereocenters. The van der Waals surface area contributed by atoms with Crippen LogP contribution in [0.15, 0.2) is 114 Å². The summed E-state index contributed by atoms with van der Waals surface area (Å²) in [7, 11) is 17.4. The van der Waals surface area contributed by atoms with Gasteiger partial charge in [0.15, 0.2) is 0 Å². The molecule has 4 unspecified atom stereocenters. The number of rotatable bonds is 8. The van der Waals surface area contributed by atoms with Crippen molar-refractivity contribution in [2.75, 3.05) is 101 Å². The Hall–Kier alpha value is -3.72. The summed E-state index contributed by atoms with van der Waals surface area (Å²) < 4.78 is 8.42. The minimum atomic E-state index is 0.124. The molecule has 4 bridgehead atoms. The molecule has 7 aromatic carbocycles. The van der Waals surface area contributed by atoms with E-state index in [0.29, 0.717) is 0 Å². The Kier molecular flexibility index (Phi) is 12.0. The van der Waals surface area contributed by atoms with E-state index < -0.39 is 0 Å². The van der Waals surface area contributed by atoms with Crippen molar-refractivity contribution in [3.63, 3.8) is 0 Å². The molecule has 7 aromatic rings. The standard InChI is InChI=1S/C60H56N4S8/c1-61(2)29-13-17-33-37(21-29)49-34-18-14-30(62(3)4)22-38(34)50(33)42-26-46-45(25-41(42)49)53(55-69-57(65-9)58(66-10)70-55)47-27-43-44(28-48(47)54(46)56-71-59(67-11)60(68-12)72-56)52-36-20-16-31(63(5)6)23-39(36)51(43)35-19-15-32(64(7)8)24-40(35)52/h13-28,49-52H,1-12H3. The molecule has 12 heteroatoms. The van der Waals surface area contributed by atoms with Gasteiger partial charge in [-0.05, 0) is 186 Å². The second-order valence-electron chi connectivity index (χ2n) is 20.3. The van der Waals surface area contributed by atoms with Crippen LogP contribution in [0.4, 0.5) is 22.7 Å². The van der Waals surface area contributed by atoms with E-state index in [0.717, 1.165) is 0 Å². The Labute approximate surface area is 458 Å². The van der Waals surface area contributed by atoms with Crippen LogP contribution in [0, 0.1) is 0 Å². The minimum Gasteiger partial charge on any atom is -0.378 e. The lowest BCUT2D eigenvalue weighted by Crippen LogP contribution is -2.30. The first kappa shape index (κ1) is 48.0. The third-order valence-electron chi connectivity index (χ3n) is 15.8. The van der Waals surface area contributed by atoms with E-state index in [-0.39, 0.29) is 23.7 Å². The van der Waals surface area contributed by atoms with Crippen molar-refractivity contribution in [1.29, 1.82) is 0 Å². The molecule has 72 heavy (non-hydrogen) atoms. The zero-order valence-electron chi connectivity index (χ0n) is 42.6. The van der Waals surface area contributed by atoms with Crippen molar-refractivity contribution in [1.82, 2.24) is 0 Å². The first-order valence-corrected chi connectivity index (χ1v) is 32.4. The largest absolute Gasteiger partial charge is 0.378 e. The maximum Gasteiger partial charge on any atom is 0.0657 e. The van der Waals surface area contributed by atoms with Crippen LogP contribution >= 0.6 is 94.1 Å². The predicted octanol–water partition coefficient (Wildman–Crippen LogP) is 15.0. The maximum absolute atomic E-state index is 2.70. The van der Waals surface area contributed by atoms with Crippen LogP contribution < -0.4 is 30.0 Å². The van der Waals surface area contributed by atoms with E-state index in [1.165, 1.54) is 147 Å². The van der Waals surface area contributed by atoms with Crippen LogP contribution in [0.3, 0.4) is 0 Å². The molecular formula is C60H56N4S8. The average Bonchev–Trinajstić information content (AvgIpc) is 4.01. The van der Waals surface area contributed by atoms with Crippen molar-refractivity contribution in [3.05, 3.63) is 191 Å². The van der Waals surface area contributed by atoms with Crippen LogP contribution in [0.2, 0.25) is 0 Å². The molecule has 0 saturated heterocycles. The van der Waals surface area contributed by atoms with Crippen molar-refractivity contribution in [2.45, 2.75) is 23.7 Å². The summed E-state index contributed by atoms with van der Waals surface area (Å²) in [6.07, 6.45) is 9.01. The predicted molar refractivity (Wildman–Crippen MR) is 333 cm³/mol. The van der Waals surface area contributed by atoms with Crippen molar-refractivity contribution < 1.29 is 0 Å². The van der Waals surface area contributed by atoms with Crippen molar-refractivity contribution in [2.24, 2.45) is 0 Å². The van der Waals surface area contributed by atoms with Crippen LogP contribution in [0.5, 0.6) is 0 Å². The van der Waals surface area contributed by atoms with E-state index >= 15 is 0 Å². The number of hydrogen-bond acceptors (Lipinski definition) is 12. The third kappa shape index (κ3) is 7.04. The van der Waals surface area contributed by atoms with E-state index in [2.05, 4.69) is 198 Å². The van der Waals surface area contributed by atoms with Crippen LogP contribution in [0.1, 0.15) is 90.4 Å². The highest BCUT2D eigenvalue weighted by atomic mass is 32.3. The zero-order valence-corrected chi connectivity index (χ0v) is 49.1. The Morgan fingerprint density at radius 3 is 0.694 bits per heavy atom. The molecule has 0 spiro atoms. The molecule has 364 valence electrons. The van der Waals surface area contributed by atoms with Crippen LogP contribution in [-0.2, 0) is 0 Å². The topological polar surface area (TPSA) is 13.0 Å². The first-order valence-electron chi connectivity index (χ1n) is 24.3. The summed E-state index contributed by atoms with van der Waals surface area (Å²) >= 11 is 15.6. The highest BCUT2D eigenvalue weighted by Gasteiger charge is 2.45. The SMILES string of the molecule is CSC1=C(SC)SC(=c2c3cc4c(cc3c(=C3SC(SC)=C(SC)S3)c3cc5c(cc23)C2c3ccc(N(C)C)cc3C5c3ccc(N(C)C)cc32)C2c3ccc(N(C)C)cc3C4c3ccc(N(C)C)cc32)S1. The van der Waals surface area contributed by atoms with Crippen molar-refractivity contribution >= 4 is 147 Å². The molecule has 0 aromatic heterocycles. The van der Waals surface area contributed by atoms with Gasteiger partial charge in [-0.1, -0.05) is 71.3 Å². The van der Waals surface area contributed by atoms with Gasteiger partial charge in [0.2, 0.25) is 0 Å². The van der Waals surface area contributed by atoms with Gasteiger partial charge in [0.1, 0.15) is 0 Å². The normalized spacial score (nSPS) is 19.8. The van der Waals surface area contributed by atoms with E-state index in [1.54, 1.807) is 0 Å². The first-order chi connectivity index (χ1) is 34.8. The molecule has 0 N–H and O–H groups in total. The van der Waals surface area contributed by atoms with Crippen LogP contribution in [0.25, 0.3) is 30.0 Å². The van der Waals surface area contributed by atoms with E-state index in [4.69, 9.17) is 0 Å². The third-order valence-corrected chi connectivity index (χ3v) is 26.3. The number of hydrogen-bond donors (Lipinski definition) is 0. The number of nitrogens with zero attached hydrogens (tertiary/aromatic N) is 4. The number of fused-ring (bicyclic) bond motifs is 2. The van der Waals surface area contributed by atoms with Gasteiger partial charge >= 0.3 is 0 Å². The van der Waals surface area contributed by atoms with Gasteiger partial charge in [-0.3, -0.25) is 0 Å². The lowest BCUT2D eigenvalue weighted by atomic mass is 9.60. The van der Waals surface area contributed by atoms with E-state index in [1.807, 2.05) is 94.1 Å². The fourth-order valence-corrected chi connectivity index (χ4v) is 22.8. The molecular weight excluding hydrogens is 1030 g/mol. The molecule has 2 aliphatic heterocycles. The molecule has 8 aliphatic rings. The molecule has 4 nitrogen and oxygen atoms in total. The van der Waals surface area contributed by atoms with E-state index in [9.17, 15) is 0 Å². The quantitative estimate of drug-likeness (QED) is 0.135. The highest BCUT2D eigenvalue weighted by molar-refractivity contribution is 8.46. The Balaban J connectivity index is 1.19. The van der Waals surface area contributed by atoms with Gasteiger partial charge < -0.3 is 19.6 Å². The lowest BCUT2D eigenvalue weighted by molar-refractivity contribution is 0.754. The Morgan fingerprint density at radius 2 is 0.500 bits per heavy atom. The molecule has 0 fully saturated rings. The number of benzene rings is 7. The molecule has 0 amide bonds. The smallest absolute Gasteiger partial charge is 0.0657 e. The monoisotopic (exact) mass is 1090 g/mol. The summed E-state index contributed by atoms with van der Waals surface area (Å²) in [5.41, 5.74) is 22.4. The van der Waals surface area contributed by atoms with Gasteiger partial charge in [0.05, 0.1) is 25.4 Å². The molecule has 0 radical (unpaired) electrons.